The molecule has 1 aliphatic rings. The van der Waals surface area contributed by atoms with Crippen LogP contribution in [0.15, 0.2) is 59.5 Å². The molecule has 166 valence electrons. The minimum atomic E-state index is -3.77. The number of nitrogens with zero attached hydrogens (tertiary/aromatic N) is 1. The third-order valence-corrected chi connectivity index (χ3v) is 6.57. The maximum Gasteiger partial charge on any atom is 0.297 e. The summed E-state index contributed by atoms with van der Waals surface area (Å²) in [5.74, 6) is 6.89. The summed E-state index contributed by atoms with van der Waals surface area (Å²) in [4.78, 5) is 2.67. The second-order valence-corrected chi connectivity index (χ2v) is 9.38. The summed E-state index contributed by atoms with van der Waals surface area (Å²) < 4.78 is 35.5. The predicted molar refractivity (Wildman–Crippen MR) is 123 cm³/mol. The molecule has 1 unspecified atom stereocenters. The Bertz CT molecular complexity index is 956. The van der Waals surface area contributed by atoms with Gasteiger partial charge in [-0.05, 0) is 75.7 Å². The summed E-state index contributed by atoms with van der Waals surface area (Å²) in [7, 11) is -3.77. The SMILES string of the molecule is CC(CC#Cc1ccc(OCCCN2CCCCC2)cc1)OS(=O)(=O)c1ccccc1. The fourth-order valence-electron chi connectivity index (χ4n) is 3.49. The second kappa shape index (κ2) is 11.9. The molecule has 1 heterocycles. The van der Waals surface area contributed by atoms with Crippen molar-refractivity contribution in [2.75, 3.05) is 26.2 Å². The van der Waals surface area contributed by atoms with E-state index in [9.17, 15) is 8.42 Å². The molecule has 2 aromatic carbocycles. The highest BCUT2D eigenvalue weighted by Gasteiger charge is 2.18. The van der Waals surface area contributed by atoms with Crippen molar-refractivity contribution >= 4 is 10.1 Å². The van der Waals surface area contributed by atoms with Gasteiger partial charge >= 0.3 is 0 Å². The third kappa shape index (κ3) is 8.02. The van der Waals surface area contributed by atoms with Crippen LogP contribution in [0.25, 0.3) is 0 Å². The smallest absolute Gasteiger partial charge is 0.297 e. The van der Waals surface area contributed by atoms with Crippen LogP contribution in [0, 0.1) is 11.8 Å². The number of piperidine rings is 1. The van der Waals surface area contributed by atoms with Crippen molar-refractivity contribution in [1.82, 2.24) is 4.90 Å². The van der Waals surface area contributed by atoms with Crippen molar-refractivity contribution in [3.8, 4) is 17.6 Å². The van der Waals surface area contributed by atoms with Gasteiger partial charge in [0, 0.05) is 18.5 Å². The predicted octanol–water partition coefficient (Wildman–Crippen LogP) is 4.48. The zero-order chi connectivity index (χ0) is 21.9. The van der Waals surface area contributed by atoms with E-state index in [4.69, 9.17) is 8.92 Å². The molecule has 2 aromatic rings. The number of likely N-dealkylation sites (tertiary alicyclic amines) is 1. The summed E-state index contributed by atoms with van der Waals surface area (Å²) in [6.07, 6.45) is 4.82. The Labute approximate surface area is 186 Å². The highest BCUT2D eigenvalue weighted by atomic mass is 32.2. The summed E-state index contributed by atoms with van der Waals surface area (Å²) in [6, 6.07) is 15.8. The molecular weight excluding hydrogens is 410 g/mol. The summed E-state index contributed by atoms with van der Waals surface area (Å²) in [5.41, 5.74) is 0.860. The Balaban J connectivity index is 1.39. The van der Waals surface area contributed by atoms with Crippen LogP contribution in [-0.2, 0) is 14.3 Å². The van der Waals surface area contributed by atoms with E-state index in [2.05, 4.69) is 16.7 Å². The fraction of sp³-hybridized carbons (Fsp3) is 0.440. The molecule has 0 spiro atoms. The van der Waals surface area contributed by atoms with Gasteiger partial charge in [0.15, 0.2) is 0 Å². The van der Waals surface area contributed by atoms with E-state index in [0.29, 0.717) is 13.0 Å². The van der Waals surface area contributed by atoms with Crippen LogP contribution in [0.1, 0.15) is 44.6 Å². The van der Waals surface area contributed by atoms with Crippen molar-refractivity contribution < 1.29 is 17.3 Å². The van der Waals surface area contributed by atoms with E-state index in [0.717, 1.165) is 24.3 Å². The molecular formula is C25H31NO4S. The number of benzene rings is 2. The van der Waals surface area contributed by atoms with Crippen molar-refractivity contribution in [2.24, 2.45) is 0 Å². The van der Waals surface area contributed by atoms with Crippen LogP contribution in [-0.4, -0.2) is 45.7 Å². The highest BCUT2D eigenvalue weighted by Crippen LogP contribution is 2.15. The minimum absolute atomic E-state index is 0.154. The highest BCUT2D eigenvalue weighted by molar-refractivity contribution is 7.86. The maximum absolute atomic E-state index is 12.2. The van der Waals surface area contributed by atoms with Gasteiger partial charge in [0.25, 0.3) is 10.1 Å². The van der Waals surface area contributed by atoms with Gasteiger partial charge in [-0.15, -0.1) is 0 Å². The van der Waals surface area contributed by atoms with E-state index in [1.807, 2.05) is 24.3 Å². The fourth-order valence-corrected chi connectivity index (χ4v) is 4.59. The normalized spacial score (nSPS) is 15.6. The molecule has 0 saturated carbocycles. The Morgan fingerprint density at radius 3 is 2.42 bits per heavy atom. The molecule has 1 aliphatic heterocycles. The van der Waals surface area contributed by atoms with Crippen LogP contribution in [0.4, 0.5) is 0 Å². The molecule has 0 aromatic heterocycles. The lowest BCUT2D eigenvalue weighted by molar-refractivity contribution is 0.205. The summed E-state index contributed by atoms with van der Waals surface area (Å²) in [5, 5.41) is 0. The lowest BCUT2D eigenvalue weighted by atomic mass is 10.1. The molecule has 1 saturated heterocycles. The minimum Gasteiger partial charge on any atom is -0.494 e. The van der Waals surface area contributed by atoms with Gasteiger partial charge in [0.05, 0.1) is 17.6 Å². The van der Waals surface area contributed by atoms with Crippen LogP contribution >= 0.6 is 0 Å². The molecule has 0 N–H and O–H groups in total. The lowest BCUT2D eigenvalue weighted by Gasteiger charge is -2.26. The lowest BCUT2D eigenvalue weighted by Crippen LogP contribution is -2.31. The molecule has 5 nitrogen and oxygen atoms in total. The average molecular weight is 442 g/mol. The number of hydrogen-bond acceptors (Lipinski definition) is 5. The number of hydrogen-bond donors (Lipinski definition) is 0. The van der Waals surface area contributed by atoms with Gasteiger partial charge in [-0.1, -0.05) is 36.5 Å². The van der Waals surface area contributed by atoms with E-state index in [1.165, 1.54) is 44.5 Å². The zero-order valence-corrected chi connectivity index (χ0v) is 18.9. The van der Waals surface area contributed by atoms with Crippen LogP contribution < -0.4 is 4.74 Å². The molecule has 31 heavy (non-hydrogen) atoms. The largest absolute Gasteiger partial charge is 0.494 e. The molecule has 1 atom stereocenters. The monoisotopic (exact) mass is 441 g/mol. The Hall–Kier alpha value is -2.33. The van der Waals surface area contributed by atoms with E-state index in [-0.39, 0.29) is 4.90 Å². The maximum atomic E-state index is 12.2. The molecule has 0 amide bonds. The van der Waals surface area contributed by atoms with Crippen molar-refractivity contribution in [2.45, 2.75) is 50.0 Å². The first-order valence-corrected chi connectivity index (χ1v) is 12.4. The van der Waals surface area contributed by atoms with Gasteiger partial charge in [0.1, 0.15) is 5.75 Å². The number of rotatable bonds is 9. The van der Waals surface area contributed by atoms with Crippen LogP contribution in [0.5, 0.6) is 5.75 Å². The summed E-state index contributed by atoms with van der Waals surface area (Å²) >= 11 is 0. The standard InChI is InChI=1S/C25H31NO4S/c1-22(30-31(27,28)25-12-4-2-5-13-25)10-8-11-23-14-16-24(17-15-23)29-21-9-20-26-18-6-3-7-19-26/h2,4-5,12-17,22H,3,6-7,9-10,18-21H2,1H3. The van der Waals surface area contributed by atoms with Gasteiger partial charge in [-0.2, -0.15) is 8.42 Å². The molecule has 1 fully saturated rings. The van der Waals surface area contributed by atoms with E-state index < -0.39 is 16.2 Å². The average Bonchev–Trinajstić information content (AvgIpc) is 2.79. The Morgan fingerprint density at radius 1 is 1.00 bits per heavy atom. The number of ether oxygens (including phenoxy) is 1. The van der Waals surface area contributed by atoms with Crippen LogP contribution in [0.2, 0.25) is 0 Å². The molecule has 0 radical (unpaired) electrons. The first-order chi connectivity index (χ1) is 15.0. The summed E-state index contributed by atoms with van der Waals surface area (Å²) in [6.45, 7) is 5.95. The Kier molecular flexibility index (Phi) is 8.96. The second-order valence-electron chi connectivity index (χ2n) is 7.81. The third-order valence-electron chi connectivity index (χ3n) is 5.14. The van der Waals surface area contributed by atoms with Gasteiger partial charge in [-0.3, -0.25) is 4.18 Å². The molecule has 3 rings (SSSR count). The molecule has 0 bridgehead atoms. The van der Waals surface area contributed by atoms with Gasteiger partial charge < -0.3 is 9.64 Å². The first-order valence-electron chi connectivity index (χ1n) is 11.0. The van der Waals surface area contributed by atoms with E-state index >= 15 is 0 Å². The topological polar surface area (TPSA) is 55.8 Å². The Morgan fingerprint density at radius 2 is 1.71 bits per heavy atom. The molecule has 6 heteroatoms. The van der Waals surface area contributed by atoms with Crippen LogP contribution in [0.3, 0.4) is 0 Å². The van der Waals surface area contributed by atoms with Crippen molar-refractivity contribution in [3.63, 3.8) is 0 Å². The van der Waals surface area contributed by atoms with Gasteiger partial charge in [0.2, 0.25) is 0 Å². The van der Waals surface area contributed by atoms with Crippen molar-refractivity contribution in [3.05, 3.63) is 60.2 Å². The van der Waals surface area contributed by atoms with E-state index in [1.54, 1.807) is 25.1 Å². The quantitative estimate of drug-likeness (QED) is 0.326. The zero-order valence-electron chi connectivity index (χ0n) is 18.1. The first kappa shape index (κ1) is 23.3. The van der Waals surface area contributed by atoms with Gasteiger partial charge in [-0.25, -0.2) is 0 Å². The molecule has 0 aliphatic carbocycles. The van der Waals surface area contributed by atoms with Crippen molar-refractivity contribution in [1.29, 1.82) is 0 Å².